The molecular formula is C7H6INS. The molecule has 0 atom stereocenters. The van der Waals surface area contributed by atoms with Gasteiger partial charge in [-0.15, -0.1) is 0 Å². The third kappa shape index (κ3) is 2.70. The second kappa shape index (κ2) is 4.73. The molecule has 0 aliphatic rings. The zero-order valence-corrected chi connectivity index (χ0v) is 8.17. The molecule has 0 aromatic heterocycles. The molecule has 0 amide bonds. The van der Waals surface area contributed by atoms with Crippen molar-refractivity contribution in [2.75, 3.05) is 0 Å². The minimum Gasteiger partial charge on any atom is -0.213 e. The molecule has 1 rings (SSSR count). The summed E-state index contributed by atoms with van der Waals surface area (Å²) in [6.07, 6.45) is 1.84. The highest BCUT2D eigenvalue weighted by Crippen LogP contribution is 2.11. The fraction of sp³-hybridized carbons (Fsp3) is 0. The van der Waals surface area contributed by atoms with Crippen molar-refractivity contribution in [3.63, 3.8) is 0 Å². The summed E-state index contributed by atoms with van der Waals surface area (Å²) in [6.45, 7) is 0. The Bertz CT molecular complexity index is 210. The van der Waals surface area contributed by atoms with Gasteiger partial charge in [0.15, 0.2) is 0 Å². The molecule has 0 unspecified atom stereocenters. The van der Waals surface area contributed by atoms with Crippen LogP contribution in [0.2, 0.25) is 0 Å². The quantitative estimate of drug-likeness (QED) is 0.453. The number of halogens is 1. The Hall–Kier alpha value is -0.0300. The minimum atomic E-state index is 1.15. The Morgan fingerprint density at radius 1 is 1.30 bits per heavy atom. The van der Waals surface area contributed by atoms with E-state index in [4.69, 9.17) is 0 Å². The third-order valence-corrected chi connectivity index (χ3v) is 1.91. The van der Waals surface area contributed by atoms with Crippen molar-refractivity contribution in [3.05, 3.63) is 35.9 Å². The second-order valence-corrected chi connectivity index (χ2v) is 3.24. The SMILES string of the molecule is ISN=Cc1ccccc1. The molecule has 0 aliphatic heterocycles. The van der Waals surface area contributed by atoms with Crippen LogP contribution in [0.1, 0.15) is 5.56 Å². The third-order valence-electron chi connectivity index (χ3n) is 1.04. The van der Waals surface area contributed by atoms with E-state index < -0.39 is 0 Å². The van der Waals surface area contributed by atoms with E-state index in [2.05, 4.69) is 25.6 Å². The number of hydrogen-bond donors (Lipinski definition) is 0. The predicted octanol–water partition coefficient (Wildman–Crippen LogP) is 3.10. The summed E-state index contributed by atoms with van der Waals surface area (Å²) in [5.74, 6) is 0. The number of nitrogens with zero attached hydrogens (tertiary/aromatic N) is 1. The summed E-state index contributed by atoms with van der Waals surface area (Å²) in [7, 11) is 1.44. The highest BCUT2D eigenvalue weighted by atomic mass is 127. The van der Waals surface area contributed by atoms with Crippen LogP contribution in [0.25, 0.3) is 0 Å². The predicted molar refractivity (Wildman–Crippen MR) is 55.6 cm³/mol. The van der Waals surface area contributed by atoms with Crippen molar-refractivity contribution in [1.29, 1.82) is 0 Å². The summed E-state index contributed by atoms with van der Waals surface area (Å²) < 4.78 is 4.02. The molecule has 0 bridgehead atoms. The first kappa shape index (κ1) is 8.07. The Labute approximate surface area is 76.7 Å². The van der Waals surface area contributed by atoms with Crippen molar-refractivity contribution in [3.8, 4) is 0 Å². The monoisotopic (exact) mass is 263 g/mol. The van der Waals surface area contributed by atoms with Crippen LogP contribution in [0.3, 0.4) is 0 Å². The summed E-state index contributed by atoms with van der Waals surface area (Å²) >= 11 is 2.13. The van der Waals surface area contributed by atoms with Gasteiger partial charge >= 0.3 is 0 Å². The summed E-state index contributed by atoms with van der Waals surface area (Å²) in [5.41, 5.74) is 1.15. The first-order chi connectivity index (χ1) is 4.93. The maximum Gasteiger partial charge on any atom is 0.0468 e. The fourth-order valence-corrected chi connectivity index (χ4v) is 1.12. The normalized spacial score (nSPS) is 10.5. The largest absolute Gasteiger partial charge is 0.213 e. The average molecular weight is 263 g/mol. The standard InChI is InChI=1S/C7H6INS/c8-10-9-6-7-4-2-1-3-5-7/h1-6H. The Morgan fingerprint density at radius 2 is 2.00 bits per heavy atom. The van der Waals surface area contributed by atoms with E-state index >= 15 is 0 Å². The fourth-order valence-electron chi connectivity index (χ4n) is 0.620. The molecule has 0 fully saturated rings. The van der Waals surface area contributed by atoms with E-state index in [0.29, 0.717) is 0 Å². The van der Waals surface area contributed by atoms with Crippen LogP contribution in [-0.4, -0.2) is 6.21 Å². The minimum absolute atomic E-state index is 1.15. The molecular weight excluding hydrogens is 257 g/mol. The molecule has 52 valence electrons. The highest BCUT2D eigenvalue weighted by molar-refractivity contribution is 14.2. The van der Waals surface area contributed by atoms with Crippen LogP contribution in [0.5, 0.6) is 0 Å². The lowest BCUT2D eigenvalue weighted by Crippen LogP contribution is -1.74. The van der Waals surface area contributed by atoms with Crippen molar-refractivity contribution >= 4 is 36.5 Å². The van der Waals surface area contributed by atoms with E-state index in [1.54, 1.807) is 0 Å². The van der Waals surface area contributed by atoms with Gasteiger partial charge in [-0.05, 0) is 5.56 Å². The molecule has 0 radical (unpaired) electrons. The van der Waals surface area contributed by atoms with Gasteiger partial charge in [-0.1, -0.05) is 30.3 Å². The Morgan fingerprint density at radius 3 is 2.60 bits per heavy atom. The first-order valence-corrected chi connectivity index (χ1v) is 6.11. The molecule has 0 heterocycles. The second-order valence-electron chi connectivity index (χ2n) is 1.71. The van der Waals surface area contributed by atoms with Gasteiger partial charge in [0.1, 0.15) is 0 Å². The van der Waals surface area contributed by atoms with E-state index in [1.807, 2.05) is 36.5 Å². The van der Waals surface area contributed by atoms with E-state index in [1.165, 1.54) is 9.12 Å². The molecule has 3 heteroatoms. The molecule has 0 saturated carbocycles. The lowest BCUT2D eigenvalue weighted by atomic mass is 10.2. The number of rotatable bonds is 2. The van der Waals surface area contributed by atoms with E-state index in [-0.39, 0.29) is 0 Å². The van der Waals surface area contributed by atoms with Crippen molar-refractivity contribution < 1.29 is 0 Å². The molecule has 0 aliphatic carbocycles. The zero-order valence-electron chi connectivity index (χ0n) is 5.20. The van der Waals surface area contributed by atoms with Gasteiger partial charge in [0.2, 0.25) is 0 Å². The summed E-state index contributed by atoms with van der Waals surface area (Å²) in [6, 6.07) is 10.0. The zero-order chi connectivity index (χ0) is 7.23. The van der Waals surface area contributed by atoms with Crippen molar-refractivity contribution in [2.45, 2.75) is 0 Å². The van der Waals surface area contributed by atoms with Crippen LogP contribution in [-0.2, 0) is 0 Å². The summed E-state index contributed by atoms with van der Waals surface area (Å²) in [5, 5.41) is 0. The maximum atomic E-state index is 4.02. The molecule has 0 N–H and O–H groups in total. The lowest BCUT2D eigenvalue weighted by Gasteiger charge is -1.86. The Kier molecular flexibility index (Phi) is 3.82. The van der Waals surface area contributed by atoms with Crippen molar-refractivity contribution in [1.82, 2.24) is 0 Å². The van der Waals surface area contributed by atoms with Gasteiger partial charge in [0.05, 0.1) is 0 Å². The van der Waals surface area contributed by atoms with Crippen LogP contribution in [0.4, 0.5) is 0 Å². The first-order valence-electron chi connectivity index (χ1n) is 2.79. The average Bonchev–Trinajstić information content (AvgIpc) is 2.03. The van der Waals surface area contributed by atoms with Crippen LogP contribution < -0.4 is 0 Å². The molecule has 10 heavy (non-hydrogen) atoms. The van der Waals surface area contributed by atoms with Gasteiger partial charge in [-0.25, -0.2) is 4.40 Å². The molecule has 1 aromatic carbocycles. The van der Waals surface area contributed by atoms with Gasteiger partial charge in [-0.3, -0.25) is 0 Å². The maximum absolute atomic E-state index is 4.02. The van der Waals surface area contributed by atoms with Crippen LogP contribution in [0.15, 0.2) is 34.7 Å². The van der Waals surface area contributed by atoms with Gasteiger partial charge in [0.25, 0.3) is 0 Å². The van der Waals surface area contributed by atoms with Crippen molar-refractivity contribution in [2.24, 2.45) is 4.40 Å². The van der Waals surface area contributed by atoms with Gasteiger partial charge in [-0.2, -0.15) is 0 Å². The molecule has 1 aromatic rings. The Balaban J connectivity index is 2.67. The van der Waals surface area contributed by atoms with Crippen LogP contribution >= 0.6 is 30.3 Å². The molecule has 1 nitrogen and oxygen atoms in total. The topological polar surface area (TPSA) is 12.4 Å². The van der Waals surface area contributed by atoms with Gasteiger partial charge < -0.3 is 0 Å². The smallest absolute Gasteiger partial charge is 0.0468 e. The molecule has 0 spiro atoms. The number of benzene rings is 1. The van der Waals surface area contributed by atoms with Crippen LogP contribution in [0, 0.1) is 0 Å². The molecule has 0 saturated heterocycles. The van der Waals surface area contributed by atoms with E-state index in [0.717, 1.165) is 5.56 Å². The van der Waals surface area contributed by atoms with Gasteiger partial charge in [0, 0.05) is 36.5 Å². The highest BCUT2D eigenvalue weighted by Gasteiger charge is 1.80. The number of hydrogen-bond acceptors (Lipinski definition) is 2. The summed E-state index contributed by atoms with van der Waals surface area (Å²) in [4.78, 5) is 0. The van der Waals surface area contributed by atoms with E-state index in [9.17, 15) is 0 Å². The lowest BCUT2D eigenvalue weighted by molar-refractivity contribution is 1.67.